The van der Waals surface area contributed by atoms with E-state index in [9.17, 15) is 0 Å². The Balaban J connectivity index is 1.88. The van der Waals surface area contributed by atoms with Crippen molar-refractivity contribution in [2.75, 3.05) is 26.2 Å². The van der Waals surface area contributed by atoms with Crippen molar-refractivity contribution in [1.29, 1.82) is 0 Å². The average Bonchev–Trinajstić information content (AvgIpc) is 2.90. The summed E-state index contributed by atoms with van der Waals surface area (Å²) < 4.78 is 1.20. The minimum atomic E-state index is 0.0654. The zero-order valence-corrected chi connectivity index (χ0v) is 14.7. The number of hydrogen-bond donors (Lipinski definition) is 2. The molecule has 3 N–H and O–H groups in total. The smallest absolute Gasteiger partial charge is 0.156 e. The van der Waals surface area contributed by atoms with Crippen LogP contribution >= 0.6 is 27.3 Å². The van der Waals surface area contributed by atoms with E-state index in [1.54, 1.807) is 11.3 Å². The Hall–Kier alpha value is -0.630. The van der Waals surface area contributed by atoms with Gasteiger partial charge < -0.3 is 10.9 Å². The number of halogens is 1. The fourth-order valence-electron chi connectivity index (χ4n) is 2.73. The van der Waals surface area contributed by atoms with E-state index < -0.39 is 0 Å². The molecular formula is C14H23BrN4OS. The van der Waals surface area contributed by atoms with Crippen molar-refractivity contribution in [3.8, 4) is 0 Å². The monoisotopic (exact) mass is 374 g/mol. The average molecular weight is 375 g/mol. The highest BCUT2D eigenvalue weighted by atomic mass is 79.9. The zero-order chi connectivity index (χ0) is 15.2. The molecule has 118 valence electrons. The summed E-state index contributed by atoms with van der Waals surface area (Å²) in [5.74, 6) is 0.339. The summed E-state index contributed by atoms with van der Waals surface area (Å²) in [7, 11) is 0. The molecule has 0 radical (unpaired) electrons. The van der Waals surface area contributed by atoms with E-state index in [1.165, 1.54) is 9.35 Å². The number of oxime groups is 1. The summed E-state index contributed by atoms with van der Waals surface area (Å²) >= 11 is 5.38. The maximum atomic E-state index is 8.94. The molecule has 1 aliphatic heterocycles. The summed E-state index contributed by atoms with van der Waals surface area (Å²) in [5.41, 5.74) is 5.84. The number of amidine groups is 1. The molecule has 1 aromatic rings. The summed E-state index contributed by atoms with van der Waals surface area (Å²) in [6.45, 7) is 7.08. The molecule has 2 heterocycles. The van der Waals surface area contributed by atoms with Gasteiger partial charge >= 0.3 is 0 Å². The van der Waals surface area contributed by atoms with Crippen molar-refractivity contribution < 1.29 is 5.21 Å². The molecule has 0 bridgehead atoms. The van der Waals surface area contributed by atoms with Crippen molar-refractivity contribution >= 4 is 33.1 Å². The van der Waals surface area contributed by atoms with Crippen LogP contribution in [-0.2, 0) is 6.54 Å². The Labute approximate surface area is 138 Å². The van der Waals surface area contributed by atoms with Crippen LogP contribution in [0.1, 0.15) is 24.6 Å². The van der Waals surface area contributed by atoms with Gasteiger partial charge in [-0.1, -0.05) is 18.5 Å². The Morgan fingerprint density at radius 2 is 2.19 bits per heavy atom. The highest BCUT2D eigenvalue weighted by Crippen LogP contribution is 2.24. The van der Waals surface area contributed by atoms with Crippen LogP contribution in [0.3, 0.4) is 0 Å². The Kier molecular flexibility index (Phi) is 6.47. The van der Waals surface area contributed by atoms with Crippen molar-refractivity contribution in [2.24, 2.45) is 10.9 Å². The lowest BCUT2D eigenvalue weighted by molar-refractivity contribution is 0.108. The fraction of sp³-hybridized carbons (Fsp3) is 0.643. The second kappa shape index (κ2) is 8.12. The second-order valence-corrected chi connectivity index (χ2v) is 7.19. The minimum absolute atomic E-state index is 0.0654. The lowest BCUT2D eigenvalue weighted by Gasteiger charge is -2.38. The van der Waals surface area contributed by atoms with Gasteiger partial charge in [-0.3, -0.25) is 9.80 Å². The molecule has 1 atom stereocenters. The summed E-state index contributed by atoms with van der Waals surface area (Å²) in [6, 6.07) is 2.17. The van der Waals surface area contributed by atoms with Gasteiger partial charge in [-0.2, -0.15) is 0 Å². The van der Waals surface area contributed by atoms with E-state index in [4.69, 9.17) is 10.9 Å². The topological polar surface area (TPSA) is 65.1 Å². The first kappa shape index (κ1) is 16.7. The van der Waals surface area contributed by atoms with Gasteiger partial charge in [-0.05, 0) is 33.8 Å². The number of rotatable bonds is 6. The zero-order valence-electron chi connectivity index (χ0n) is 12.3. The number of piperazine rings is 1. The molecule has 0 aromatic carbocycles. The van der Waals surface area contributed by atoms with Crippen molar-refractivity contribution in [3.05, 3.63) is 20.8 Å². The normalized spacial score (nSPS) is 19.8. The van der Waals surface area contributed by atoms with Gasteiger partial charge in [0.1, 0.15) is 0 Å². The third kappa shape index (κ3) is 4.42. The fourth-order valence-corrected chi connectivity index (χ4v) is 4.25. The molecule has 1 unspecified atom stereocenters. The highest BCUT2D eigenvalue weighted by Gasteiger charge is 2.26. The van der Waals surface area contributed by atoms with Gasteiger partial charge in [-0.15, -0.1) is 11.3 Å². The third-order valence-electron chi connectivity index (χ3n) is 3.92. The molecule has 1 aromatic heterocycles. The maximum Gasteiger partial charge on any atom is 0.156 e. The first-order valence-electron chi connectivity index (χ1n) is 7.31. The van der Waals surface area contributed by atoms with Crippen LogP contribution in [0.4, 0.5) is 0 Å². The van der Waals surface area contributed by atoms with Crippen LogP contribution in [0.15, 0.2) is 21.1 Å². The molecule has 7 heteroatoms. The molecule has 2 rings (SSSR count). The van der Waals surface area contributed by atoms with Crippen molar-refractivity contribution in [3.63, 3.8) is 0 Å². The number of nitrogens with zero attached hydrogens (tertiary/aromatic N) is 3. The van der Waals surface area contributed by atoms with E-state index in [2.05, 4.69) is 49.3 Å². The van der Waals surface area contributed by atoms with Crippen LogP contribution in [0.2, 0.25) is 0 Å². The Bertz CT molecular complexity index is 471. The molecule has 0 spiro atoms. The predicted octanol–water partition coefficient (Wildman–Crippen LogP) is 2.54. The molecule has 1 aliphatic rings. The van der Waals surface area contributed by atoms with Gasteiger partial charge in [0, 0.05) is 42.1 Å². The molecular weight excluding hydrogens is 352 g/mol. The number of thiophene rings is 1. The Morgan fingerprint density at radius 1 is 1.48 bits per heavy atom. The van der Waals surface area contributed by atoms with Crippen LogP contribution in [0.25, 0.3) is 0 Å². The van der Waals surface area contributed by atoms with Crippen LogP contribution < -0.4 is 5.73 Å². The van der Waals surface area contributed by atoms with Gasteiger partial charge in [0.25, 0.3) is 0 Å². The summed E-state index contributed by atoms with van der Waals surface area (Å²) in [5, 5.41) is 14.3. The molecule has 0 amide bonds. The Morgan fingerprint density at radius 3 is 2.71 bits per heavy atom. The molecule has 1 saturated heterocycles. The molecule has 21 heavy (non-hydrogen) atoms. The van der Waals surface area contributed by atoms with E-state index in [0.29, 0.717) is 5.84 Å². The summed E-state index contributed by atoms with van der Waals surface area (Å²) in [6.07, 6.45) is 1.97. The van der Waals surface area contributed by atoms with Crippen molar-refractivity contribution in [2.45, 2.75) is 32.4 Å². The van der Waals surface area contributed by atoms with Crippen LogP contribution in [-0.4, -0.2) is 53.1 Å². The van der Waals surface area contributed by atoms with Crippen LogP contribution in [0.5, 0.6) is 0 Å². The molecule has 0 aliphatic carbocycles. The van der Waals surface area contributed by atoms with Gasteiger partial charge in [0.2, 0.25) is 0 Å². The molecule has 5 nitrogen and oxygen atoms in total. The minimum Gasteiger partial charge on any atom is -0.409 e. The highest BCUT2D eigenvalue weighted by molar-refractivity contribution is 9.10. The number of nitrogens with two attached hydrogens (primary N) is 1. The largest absolute Gasteiger partial charge is 0.409 e. The lowest BCUT2D eigenvalue weighted by Crippen LogP contribution is -2.53. The van der Waals surface area contributed by atoms with E-state index in [1.807, 2.05) is 0 Å². The van der Waals surface area contributed by atoms with Crippen molar-refractivity contribution in [1.82, 2.24) is 9.80 Å². The second-order valence-electron chi connectivity index (χ2n) is 5.33. The molecule has 1 fully saturated rings. The quantitative estimate of drug-likeness (QED) is 0.347. The molecule has 0 saturated carbocycles. The van der Waals surface area contributed by atoms with E-state index in [0.717, 1.165) is 45.6 Å². The first-order valence-corrected chi connectivity index (χ1v) is 8.98. The maximum absolute atomic E-state index is 8.94. The SMILES string of the molecule is CCCC(C(N)=NO)N1CCN(Cc2sccc2Br)CC1. The van der Waals surface area contributed by atoms with Crippen LogP contribution in [0, 0.1) is 0 Å². The van der Waals surface area contributed by atoms with E-state index >= 15 is 0 Å². The predicted molar refractivity (Wildman–Crippen MR) is 91.0 cm³/mol. The van der Waals surface area contributed by atoms with E-state index in [-0.39, 0.29) is 6.04 Å². The van der Waals surface area contributed by atoms with Gasteiger partial charge in [0.15, 0.2) is 5.84 Å². The van der Waals surface area contributed by atoms with Gasteiger partial charge in [0.05, 0.1) is 6.04 Å². The summed E-state index contributed by atoms with van der Waals surface area (Å²) in [4.78, 5) is 6.17. The number of hydrogen-bond acceptors (Lipinski definition) is 5. The first-order chi connectivity index (χ1) is 10.2. The third-order valence-corrected chi connectivity index (χ3v) is 5.84. The van der Waals surface area contributed by atoms with Gasteiger partial charge in [-0.25, -0.2) is 0 Å². The standard InChI is InChI=1S/C14H23BrN4OS/c1-2-3-12(14(16)17-20)19-7-5-18(6-8-19)10-13-11(15)4-9-21-13/h4,9,12,20H,2-3,5-8,10H2,1H3,(H2,16,17). The lowest BCUT2D eigenvalue weighted by atomic mass is 10.1.